The van der Waals surface area contributed by atoms with Crippen molar-refractivity contribution in [2.24, 2.45) is 0 Å². The molecule has 80 valence electrons. The van der Waals surface area contributed by atoms with Gasteiger partial charge in [-0.15, -0.1) is 0 Å². The summed E-state index contributed by atoms with van der Waals surface area (Å²) < 4.78 is 0. The Morgan fingerprint density at radius 1 is 0.875 bits per heavy atom. The third kappa shape index (κ3) is 2.57. The van der Waals surface area contributed by atoms with E-state index >= 15 is 0 Å². The van der Waals surface area contributed by atoms with E-state index in [1.807, 2.05) is 24.3 Å². The lowest BCUT2D eigenvalue weighted by Gasteiger charge is -2.02. The third-order valence-electron chi connectivity index (χ3n) is 2.64. The van der Waals surface area contributed by atoms with Crippen molar-refractivity contribution in [3.63, 3.8) is 0 Å². The van der Waals surface area contributed by atoms with Gasteiger partial charge in [-0.1, -0.05) is 54.1 Å². The predicted octanol–water partition coefficient (Wildman–Crippen LogP) is 3.40. The van der Waals surface area contributed by atoms with Gasteiger partial charge in [-0.2, -0.15) is 0 Å². The highest BCUT2D eigenvalue weighted by Gasteiger charge is 1.96. The summed E-state index contributed by atoms with van der Waals surface area (Å²) in [6, 6.07) is 16.2. The number of carbonyl (C=O) groups is 1. The Balaban J connectivity index is 2.14. The van der Waals surface area contributed by atoms with Crippen LogP contribution in [0.25, 0.3) is 0 Å². The van der Waals surface area contributed by atoms with Crippen molar-refractivity contribution in [3.05, 3.63) is 70.8 Å². The first-order valence-electron chi connectivity index (χ1n) is 5.37. The van der Waals surface area contributed by atoms with E-state index in [1.165, 1.54) is 16.7 Å². The van der Waals surface area contributed by atoms with Crippen molar-refractivity contribution < 1.29 is 4.79 Å². The van der Waals surface area contributed by atoms with Gasteiger partial charge in [0.1, 0.15) is 6.29 Å². The molecule has 0 saturated carbocycles. The smallest absolute Gasteiger partial charge is 0.150 e. The quantitative estimate of drug-likeness (QED) is 0.710. The van der Waals surface area contributed by atoms with Gasteiger partial charge in [-0.25, -0.2) is 0 Å². The van der Waals surface area contributed by atoms with Crippen LogP contribution in [0.3, 0.4) is 0 Å². The number of aryl methyl sites for hydroxylation is 1. The van der Waals surface area contributed by atoms with Gasteiger partial charge in [0.05, 0.1) is 0 Å². The second-order valence-electron chi connectivity index (χ2n) is 4.02. The maximum absolute atomic E-state index is 10.5. The van der Waals surface area contributed by atoms with Gasteiger partial charge in [0, 0.05) is 5.56 Å². The molecule has 16 heavy (non-hydrogen) atoms. The lowest BCUT2D eigenvalue weighted by molar-refractivity contribution is 0.112. The fourth-order valence-electron chi connectivity index (χ4n) is 1.66. The SMILES string of the molecule is Cc1ccc(Cc2ccc(C=O)cc2)cc1. The first-order valence-corrected chi connectivity index (χ1v) is 5.37. The topological polar surface area (TPSA) is 17.1 Å². The van der Waals surface area contributed by atoms with Crippen molar-refractivity contribution in [3.8, 4) is 0 Å². The highest BCUT2D eigenvalue weighted by atomic mass is 16.1. The average molecular weight is 210 g/mol. The van der Waals surface area contributed by atoms with Crippen molar-refractivity contribution in [1.29, 1.82) is 0 Å². The molecule has 0 heterocycles. The van der Waals surface area contributed by atoms with Crippen LogP contribution in [0.2, 0.25) is 0 Å². The summed E-state index contributed by atoms with van der Waals surface area (Å²) in [4.78, 5) is 10.5. The molecular weight excluding hydrogens is 196 g/mol. The van der Waals surface area contributed by atoms with Crippen LogP contribution in [0.4, 0.5) is 0 Å². The fourth-order valence-corrected chi connectivity index (χ4v) is 1.66. The van der Waals surface area contributed by atoms with Crippen LogP contribution in [-0.4, -0.2) is 6.29 Å². The molecule has 0 aromatic heterocycles. The second kappa shape index (κ2) is 4.75. The van der Waals surface area contributed by atoms with Gasteiger partial charge < -0.3 is 0 Å². The standard InChI is InChI=1S/C15H14O/c1-12-2-4-13(5-3-12)10-14-6-8-15(11-16)9-7-14/h2-9,11H,10H2,1H3. The van der Waals surface area contributed by atoms with Gasteiger partial charge in [0.25, 0.3) is 0 Å². The normalized spacial score (nSPS) is 10.1. The number of hydrogen-bond donors (Lipinski definition) is 0. The molecule has 1 nitrogen and oxygen atoms in total. The molecule has 1 heteroatoms. The molecule has 0 unspecified atom stereocenters. The highest BCUT2D eigenvalue weighted by molar-refractivity contribution is 5.74. The minimum atomic E-state index is 0.729. The van der Waals surface area contributed by atoms with Crippen molar-refractivity contribution in [2.75, 3.05) is 0 Å². The van der Waals surface area contributed by atoms with Gasteiger partial charge in [0.2, 0.25) is 0 Å². The lowest BCUT2D eigenvalue weighted by atomic mass is 10.0. The van der Waals surface area contributed by atoms with Crippen molar-refractivity contribution >= 4 is 6.29 Å². The van der Waals surface area contributed by atoms with E-state index in [2.05, 4.69) is 31.2 Å². The first kappa shape index (κ1) is 10.6. The van der Waals surface area contributed by atoms with Crippen LogP contribution in [0.15, 0.2) is 48.5 Å². The Morgan fingerprint density at radius 2 is 1.38 bits per heavy atom. The number of rotatable bonds is 3. The molecule has 0 N–H and O–H groups in total. The van der Waals surface area contributed by atoms with E-state index in [-0.39, 0.29) is 0 Å². The summed E-state index contributed by atoms with van der Waals surface area (Å²) in [5, 5.41) is 0. The van der Waals surface area contributed by atoms with Gasteiger partial charge >= 0.3 is 0 Å². The Kier molecular flexibility index (Phi) is 3.16. The number of carbonyl (C=O) groups excluding carboxylic acids is 1. The molecule has 2 aromatic carbocycles. The highest BCUT2D eigenvalue weighted by Crippen LogP contribution is 2.11. The maximum atomic E-state index is 10.5. The molecule has 0 saturated heterocycles. The monoisotopic (exact) mass is 210 g/mol. The van der Waals surface area contributed by atoms with E-state index in [9.17, 15) is 4.79 Å². The minimum absolute atomic E-state index is 0.729. The molecule has 0 aliphatic carbocycles. The molecule has 0 radical (unpaired) electrons. The largest absolute Gasteiger partial charge is 0.298 e. The van der Waals surface area contributed by atoms with Crippen molar-refractivity contribution in [2.45, 2.75) is 13.3 Å². The van der Waals surface area contributed by atoms with Crippen LogP contribution >= 0.6 is 0 Å². The first-order chi connectivity index (χ1) is 7.78. The molecule has 0 atom stereocenters. The molecule has 0 fully saturated rings. The molecule has 0 bridgehead atoms. The van der Waals surface area contributed by atoms with E-state index in [0.29, 0.717) is 0 Å². The zero-order chi connectivity index (χ0) is 11.4. The van der Waals surface area contributed by atoms with Gasteiger partial charge in [0.15, 0.2) is 0 Å². The van der Waals surface area contributed by atoms with Crippen LogP contribution < -0.4 is 0 Å². The Morgan fingerprint density at radius 3 is 1.88 bits per heavy atom. The molecule has 2 aromatic rings. The van der Waals surface area contributed by atoms with Gasteiger partial charge in [-0.3, -0.25) is 4.79 Å². The van der Waals surface area contributed by atoms with Crippen LogP contribution in [0.1, 0.15) is 27.0 Å². The van der Waals surface area contributed by atoms with Crippen LogP contribution in [-0.2, 0) is 6.42 Å². The average Bonchev–Trinajstić information content (AvgIpc) is 2.33. The Bertz CT molecular complexity index is 466. The fraction of sp³-hybridized carbons (Fsp3) is 0.133. The van der Waals surface area contributed by atoms with Crippen LogP contribution in [0, 0.1) is 6.92 Å². The molecular formula is C15H14O. The summed E-state index contributed by atoms with van der Waals surface area (Å²) in [5.41, 5.74) is 4.53. The summed E-state index contributed by atoms with van der Waals surface area (Å²) in [7, 11) is 0. The molecule has 0 aliphatic rings. The van der Waals surface area contributed by atoms with E-state index < -0.39 is 0 Å². The van der Waals surface area contributed by atoms with E-state index in [0.717, 1.165) is 18.3 Å². The second-order valence-corrected chi connectivity index (χ2v) is 4.02. The summed E-state index contributed by atoms with van der Waals surface area (Å²) in [5.74, 6) is 0. The minimum Gasteiger partial charge on any atom is -0.298 e. The van der Waals surface area contributed by atoms with Crippen molar-refractivity contribution in [1.82, 2.24) is 0 Å². The number of benzene rings is 2. The molecule has 2 rings (SSSR count). The Labute approximate surface area is 95.7 Å². The van der Waals surface area contributed by atoms with E-state index in [4.69, 9.17) is 0 Å². The number of aldehydes is 1. The molecule has 0 spiro atoms. The molecule has 0 amide bonds. The zero-order valence-corrected chi connectivity index (χ0v) is 9.31. The lowest BCUT2D eigenvalue weighted by Crippen LogP contribution is -1.89. The number of hydrogen-bond acceptors (Lipinski definition) is 1. The van der Waals surface area contributed by atoms with Crippen LogP contribution in [0.5, 0.6) is 0 Å². The predicted molar refractivity (Wildman–Crippen MR) is 65.8 cm³/mol. The maximum Gasteiger partial charge on any atom is 0.150 e. The molecule has 0 aliphatic heterocycles. The zero-order valence-electron chi connectivity index (χ0n) is 9.31. The summed E-state index contributed by atoms with van der Waals surface area (Å²) in [6.07, 6.45) is 1.79. The van der Waals surface area contributed by atoms with Gasteiger partial charge in [-0.05, 0) is 24.5 Å². The summed E-state index contributed by atoms with van der Waals surface area (Å²) in [6.45, 7) is 2.09. The van der Waals surface area contributed by atoms with E-state index in [1.54, 1.807) is 0 Å². The summed E-state index contributed by atoms with van der Waals surface area (Å²) >= 11 is 0. The Hall–Kier alpha value is -1.89. The third-order valence-corrected chi connectivity index (χ3v) is 2.64.